The third-order valence-electron chi connectivity index (χ3n) is 3.79. The lowest BCUT2D eigenvalue weighted by molar-refractivity contribution is 0.676. The highest BCUT2D eigenvalue weighted by molar-refractivity contribution is 7.97. The first kappa shape index (κ1) is 17.5. The molecule has 1 N–H and O–H groups in total. The van der Waals surface area contributed by atoms with Crippen molar-refractivity contribution in [3.8, 4) is 11.8 Å². The van der Waals surface area contributed by atoms with Gasteiger partial charge in [0, 0.05) is 35.0 Å². The number of nitrogens with one attached hydrogen (secondary N) is 1. The van der Waals surface area contributed by atoms with E-state index in [1.807, 2.05) is 18.3 Å². The number of hydrogen-bond acceptors (Lipinski definition) is 3. The maximum Gasteiger partial charge on any atom is 0.0705 e. The summed E-state index contributed by atoms with van der Waals surface area (Å²) in [6.07, 6.45) is 2.81. The van der Waals surface area contributed by atoms with Crippen molar-refractivity contribution in [1.82, 2.24) is 9.71 Å². The molecule has 0 saturated heterocycles. The van der Waals surface area contributed by atoms with Gasteiger partial charge in [-0.3, -0.25) is 9.71 Å². The summed E-state index contributed by atoms with van der Waals surface area (Å²) in [4.78, 5) is 5.59. The first-order valence-electron chi connectivity index (χ1n) is 8.53. The van der Waals surface area contributed by atoms with Crippen LogP contribution in [0.1, 0.15) is 31.4 Å². The second-order valence-corrected chi connectivity index (χ2v) is 7.30. The third kappa shape index (κ3) is 5.09. The molecular formula is C22H22N2S. The van der Waals surface area contributed by atoms with Gasteiger partial charge in [-0.05, 0) is 59.8 Å². The van der Waals surface area contributed by atoms with Crippen LogP contribution in [0, 0.1) is 17.8 Å². The number of fused-ring (bicyclic) bond motifs is 1. The summed E-state index contributed by atoms with van der Waals surface area (Å²) in [6, 6.07) is 18.7. The highest BCUT2D eigenvalue weighted by Crippen LogP contribution is 2.19. The van der Waals surface area contributed by atoms with Crippen LogP contribution in [0.5, 0.6) is 0 Å². The van der Waals surface area contributed by atoms with Crippen molar-refractivity contribution in [3.63, 3.8) is 0 Å². The highest BCUT2D eigenvalue weighted by Gasteiger charge is 2.01. The molecule has 1 heterocycles. The minimum Gasteiger partial charge on any atom is -0.256 e. The van der Waals surface area contributed by atoms with E-state index in [0.29, 0.717) is 5.92 Å². The van der Waals surface area contributed by atoms with Crippen molar-refractivity contribution in [2.75, 3.05) is 0 Å². The molecule has 0 aliphatic heterocycles. The Morgan fingerprint density at radius 1 is 1.04 bits per heavy atom. The van der Waals surface area contributed by atoms with E-state index < -0.39 is 0 Å². The summed E-state index contributed by atoms with van der Waals surface area (Å²) in [5, 5.41) is 1.20. The fourth-order valence-electron chi connectivity index (χ4n) is 2.47. The van der Waals surface area contributed by atoms with E-state index in [0.717, 1.165) is 24.0 Å². The monoisotopic (exact) mass is 346 g/mol. The lowest BCUT2D eigenvalue weighted by atomic mass is 10.1. The van der Waals surface area contributed by atoms with E-state index >= 15 is 0 Å². The molecule has 0 aliphatic rings. The van der Waals surface area contributed by atoms with E-state index in [2.05, 4.69) is 77.9 Å². The standard InChI is InChI=1S/C22H22N2S/c1-17(2)6-5-7-18-10-12-20(13-11-18)25-24-16-19-14-15-23-22-9-4-3-8-21(19)22/h3-4,8-15,17,24H,6,16H2,1-2H3. The molecule has 0 atom stereocenters. The Labute approximate surface area is 154 Å². The van der Waals surface area contributed by atoms with Crippen LogP contribution in [-0.4, -0.2) is 4.98 Å². The van der Waals surface area contributed by atoms with Crippen LogP contribution in [0.4, 0.5) is 0 Å². The number of aromatic nitrogens is 1. The van der Waals surface area contributed by atoms with Crippen LogP contribution >= 0.6 is 11.9 Å². The summed E-state index contributed by atoms with van der Waals surface area (Å²) in [6.45, 7) is 5.17. The molecule has 3 aromatic rings. The average molecular weight is 346 g/mol. The number of pyridine rings is 1. The fraction of sp³-hybridized carbons (Fsp3) is 0.227. The first-order valence-corrected chi connectivity index (χ1v) is 9.35. The van der Waals surface area contributed by atoms with Gasteiger partial charge in [-0.2, -0.15) is 0 Å². The van der Waals surface area contributed by atoms with Crippen molar-refractivity contribution in [2.45, 2.75) is 31.7 Å². The Balaban J connectivity index is 1.57. The van der Waals surface area contributed by atoms with Crippen molar-refractivity contribution < 1.29 is 0 Å². The molecule has 2 nitrogen and oxygen atoms in total. The molecule has 2 aromatic carbocycles. The molecule has 0 unspecified atom stereocenters. The van der Waals surface area contributed by atoms with Gasteiger partial charge in [0.2, 0.25) is 0 Å². The van der Waals surface area contributed by atoms with Crippen LogP contribution in [-0.2, 0) is 6.54 Å². The summed E-state index contributed by atoms with van der Waals surface area (Å²) in [5.74, 6) is 7.06. The van der Waals surface area contributed by atoms with E-state index in [-0.39, 0.29) is 0 Å². The van der Waals surface area contributed by atoms with Gasteiger partial charge >= 0.3 is 0 Å². The fourth-order valence-corrected chi connectivity index (χ4v) is 3.14. The van der Waals surface area contributed by atoms with Crippen LogP contribution in [0.15, 0.2) is 65.7 Å². The number of hydrogen-bond donors (Lipinski definition) is 1. The molecule has 1 aromatic heterocycles. The van der Waals surface area contributed by atoms with Gasteiger partial charge in [0.1, 0.15) is 0 Å². The van der Waals surface area contributed by atoms with Crippen molar-refractivity contribution in [3.05, 3.63) is 71.9 Å². The second kappa shape index (κ2) is 8.71. The Hall–Kier alpha value is -2.28. The van der Waals surface area contributed by atoms with Crippen molar-refractivity contribution >= 4 is 22.9 Å². The number of para-hydroxylation sites is 1. The molecule has 0 aliphatic carbocycles. The number of rotatable bonds is 5. The van der Waals surface area contributed by atoms with Gasteiger partial charge in [0.25, 0.3) is 0 Å². The molecule has 126 valence electrons. The van der Waals surface area contributed by atoms with Gasteiger partial charge in [-0.15, -0.1) is 0 Å². The van der Waals surface area contributed by atoms with E-state index in [1.54, 1.807) is 11.9 Å². The molecule has 0 fully saturated rings. The topological polar surface area (TPSA) is 24.9 Å². The molecule has 0 bridgehead atoms. The molecule has 0 amide bonds. The average Bonchev–Trinajstić information content (AvgIpc) is 2.63. The van der Waals surface area contributed by atoms with E-state index in [4.69, 9.17) is 0 Å². The Kier molecular flexibility index (Phi) is 6.11. The first-order chi connectivity index (χ1) is 12.2. The van der Waals surface area contributed by atoms with Crippen molar-refractivity contribution in [2.24, 2.45) is 5.92 Å². The normalized spacial score (nSPS) is 10.7. The largest absolute Gasteiger partial charge is 0.256 e. The number of nitrogens with zero attached hydrogens (tertiary/aromatic N) is 1. The Bertz CT molecular complexity index is 884. The minimum atomic E-state index is 0.621. The lowest BCUT2D eigenvalue weighted by Gasteiger charge is -2.07. The smallest absolute Gasteiger partial charge is 0.0705 e. The van der Waals surface area contributed by atoms with E-state index in [1.165, 1.54) is 15.8 Å². The molecule has 0 spiro atoms. The lowest BCUT2D eigenvalue weighted by Crippen LogP contribution is -2.03. The van der Waals surface area contributed by atoms with Gasteiger partial charge < -0.3 is 0 Å². The van der Waals surface area contributed by atoms with Crippen LogP contribution in [0.2, 0.25) is 0 Å². The van der Waals surface area contributed by atoms with Gasteiger partial charge in [0.15, 0.2) is 0 Å². The third-order valence-corrected chi connectivity index (χ3v) is 4.59. The van der Waals surface area contributed by atoms with Gasteiger partial charge in [-0.1, -0.05) is 43.9 Å². The maximum absolute atomic E-state index is 4.41. The molecule has 3 heteroatoms. The zero-order valence-corrected chi connectivity index (χ0v) is 15.4. The molecular weight excluding hydrogens is 324 g/mol. The Morgan fingerprint density at radius 3 is 2.64 bits per heavy atom. The van der Waals surface area contributed by atoms with Crippen LogP contribution < -0.4 is 4.72 Å². The quantitative estimate of drug-likeness (QED) is 0.492. The maximum atomic E-state index is 4.41. The summed E-state index contributed by atoms with van der Waals surface area (Å²) in [7, 11) is 0. The number of benzene rings is 2. The SMILES string of the molecule is CC(C)CC#Cc1ccc(SNCc2ccnc3ccccc23)cc1. The molecule has 0 radical (unpaired) electrons. The summed E-state index contributed by atoms with van der Waals surface area (Å²) < 4.78 is 3.44. The summed E-state index contributed by atoms with van der Waals surface area (Å²) in [5.41, 5.74) is 3.37. The molecule has 25 heavy (non-hydrogen) atoms. The van der Waals surface area contributed by atoms with Crippen molar-refractivity contribution in [1.29, 1.82) is 0 Å². The zero-order chi connectivity index (χ0) is 17.5. The Morgan fingerprint density at radius 2 is 1.84 bits per heavy atom. The summed E-state index contributed by atoms with van der Waals surface area (Å²) >= 11 is 1.64. The highest BCUT2D eigenvalue weighted by atomic mass is 32.2. The zero-order valence-electron chi connectivity index (χ0n) is 14.6. The van der Waals surface area contributed by atoms with Gasteiger partial charge in [0.05, 0.1) is 5.52 Å². The predicted molar refractivity (Wildman–Crippen MR) is 107 cm³/mol. The van der Waals surface area contributed by atoms with Gasteiger partial charge in [-0.25, -0.2) is 0 Å². The molecule has 3 rings (SSSR count). The minimum absolute atomic E-state index is 0.621. The molecule has 0 saturated carbocycles. The van der Waals surface area contributed by atoms with Crippen LogP contribution in [0.3, 0.4) is 0 Å². The van der Waals surface area contributed by atoms with E-state index in [9.17, 15) is 0 Å². The predicted octanol–water partition coefficient (Wildman–Crippen LogP) is 5.43. The van der Waals surface area contributed by atoms with Crippen LogP contribution in [0.25, 0.3) is 10.9 Å². The second-order valence-electron chi connectivity index (χ2n) is 6.33.